The minimum absolute atomic E-state index is 0.193. The highest BCUT2D eigenvalue weighted by atomic mass is 16.4. The van der Waals surface area contributed by atoms with Crippen LogP contribution >= 0.6 is 0 Å². The van der Waals surface area contributed by atoms with Gasteiger partial charge in [-0.25, -0.2) is 0 Å². The Morgan fingerprint density at radius 1 is 1.35 bits per heavy atom. The van der Waals surface area contributed by atoms with Gasteiger partial charge in [-0.1, -0.05) is 13.0 Å². The summed E-state index contributed by atoms with van der Waals surface area (Å²) in [6.45, 7) is 4.66. The van der Waals surface area contributed by atoms with E-state index in [0.717, 1.165) is 17.7 Å². The van der Waals surface area contributed by atoms with E-state index in [1.165, 1.54) is 0 Å². The Bertz CT molecular complexity index is 486. The van der Waals surface area contributed by atoms with Crippen LogP contribution in [0.5, 0.6) is 0 Å². The molecule has 110 valence electrons. The van der Waals surface area contributed by atoms with Gasteiger partial charge in [0.05, 0.1) is 5.56 Å². The lowest BCUT2D eigenvalue weighted by Gasteiger charge is -2.14. The first-order valence-corrected chi connectivity index (χ1v) is 6.76. The average molecular weight is 278 g/mol. The van der Waals surface area contributed by atoms with E-state index in [1.54, 1.807) is 6.07 Å². The van der Waals surface area contributed by atoms with Gasteiger partial charge >= 0.3 is 5.97 Å². The van der Waals surface area contributed by atoms with Crippen molar-refractivity contribution in [3.63, 3.8) is 0 Å². The summed E-state index contributed by atoms with van der Waals surface area (Å²) in [6, 6.07) is 5.45. The molecule has 0 aromatic heterocycles. The largest absolute Gasteiger partial charge is 0.481 e. The zero-order valence-corrected chi connectivity index (χ0v) is 12.0. The molecule has 0 aliphatic heterocycles. The molecule has 1 rings (SSSR count). The fourth-order valence-corrected chi connectivity index (χ4v) is 1.99. The molecule has 5 nitrogen and oxygen atoms in total. The van der Waals surface area contributed by atoms with E-state index in [2.05, 4.69) is 5.32 Å². The van der Waals surface area contributed by atoms with Crippen molar-refractivity contribution in [2.24, 2.45) is 11.7 Å². The number of nitrogens with two attached hydrogens (primary N) is 1. The Balaban J connectivity index is 2.51. The summed E-state index contributed by atoms with van der Waals surface area (Å²) in [7, 11) is 0. The molecular formula is C15H22N2O3. The van der Waals surface area contributed by atoms with Crippen molar-refractivity contribution in [1.29, 1.82) is 0 Å². The summed E-state index contributed by atoms with van der Waals surface area (Å²) in [6.07, 6.45) is 1.70. The maximum atomic E-state index is 11.3. The van der Waals surface area contributed by atoms with Gasteiger partial charge in [0.25, 0.3) is 5.91 Å². The van der Waals surface area contributed by atoms with Crippen LogP contribution < -0.4 is 11.1 Å². The van der Waals surface area contributed by atoms with Crippen LogP contribution in [0, 0.1) is 12.8 Å². The van der Waals surface area contributed by atoms with E-state index in [4.69, 9.17) is 10.8 Å². The molecule has 1 unspecified atom stereocenters. The van der Waals surface area contributed by atoms with Gasteiger partial charge in [-0.05, 0) is 43.4 Å². The molecular weight excluding hydrogens is 256 g/mol. The van der Waals surface area contributed by atoms with Crippen LogP contribution in [0.15, 0.2) is 18.2 Å². The van der Waals surface area contributed by atoms with Gasteiger partial charge in [0.2, 0.25) is 0 Å². The number of aryl methyl sites for hydroxylation is 1. The predicted octanol–water partition coefficient (Wildman–Crippen LogP) is 2.40. The summed E-state index contributed by atoms with van der Waals surface area (Å²) >= 11 is 0. The van der Waals surface area contributed by atoms with Crippen LogP contribution in [0.1, 0.15) is 42.1 Å². The van der Waals surface area contributed by atoms with Crippen molar-refractivity contribution in [1.82, 2.24) is 0 Å². The molecule has 0 bridgehead atoms. The van der Waals surface area contributed by atoms with E-state index in [-0.39, 0.29) is 6.42 Å². The summed E-state index contributed by atoms with van der Waals surface area (Å²) in [4.78, 5) is 21.8. The molecule has 0 heterocycles. The molecule has 4 N–H and O–H groups in total. The molecule has 0 spiro atoms. The standard InChI is InChI=1S/C15H22N2O3/c1-10(4-6-14(18)19)7-8-17-13-9-11(2)3-5-12(13)15(16)20/h3,5,9-10,17H,4,6-8H2,1-2H3,(H2,16,20)(H,18,19). The first-order chi connectivity index (χ1) is 9.40. The number of carbonyl (C=O) groups excluding carboxylic acids is 1. The summed E-state index contributed by atoms with van der Waals surface area (Å²) in [5.74, 6) is -0.897. The second-order valence-electron chi connectivity index (χ2n) is 5.17. The Hall–Kier alpha value is -2.04. The lowest BCUT2D eigenvalue weighted by Crippen LogP contribution is -2.16. The molecule has 0 saturated heterocycles. The van der Waals surface area contributed by atoms with Crippen molar-refractivity contribution in [3.05, 3.63) is 29.3 Å². The molecule has 1 aromatic carbocycles. The number of hydrogen-bond donors (Lipinski definition) is 3. The number of benzene rings is 1. The third kappa shape index (κ3) is 5.30. The highest BCUT2D eigenvalue weighted by Crippen LogP contribution is 2.18. The molecule has 1 atom stereocenters. The quantitative estimate of drug-likeness (QED) is 0.680. The predicted molar refractivity (Wildman–Crippen MR) is 78.8 cm³/mol. The van der Waals surface area contributed by atoms with Crippen molar-refractivity contribution in [2.75, 3.05) is 11.9 Å². The molecule has 0 saturated carbocycles. The topological polar surface area (TPSA) is 92.4 Å². The smallest absolute Gasteiger partial charge is 0.303 e. The van der Waals surface area contributed by atoms with Crippen LogP contribution in [-0.4, -0.2) is 23.5 Å². The summed E-state index contributed by atoms with van der Waals surface area (Å²) in [5, 5.41) is 11.8. The fraction of sp³-hybridized carbons (Fsp3) is 0.467. The first-order valence-electron chi connectivity index (χ1n) is 6.76. The fourth-order valence-electron chi connectivity index (χ4n) is 1.99. The zero-order valence-electron chi connectivity index (χ0n) is 12.0. The number of carbonyl (C=O) groups is 2. The van der Waals surface area contributed by atoms with Gasteiger partial charge in [0, 0.05) is 18.7 Å². The minimum atomic E-state index is -0.764. The van der Waals surface area contributed by atoms with Gasteiger partial charge in [-0.3, -0.25) is 9.59 Å². The zero-order chi connectivity index (χ0) is 15.1. The number of amides is 1. The van der Waals surface area contributed by atoms with Crippen LogP contribution in [0.4, 0.5) is 5.69 Å². The van der Waals surface area contributed by atoms with E-state index in [9.17, 15) is 9.59 Å². The molecule has 0 aliphatic rings. The highest BCUT2D eigenvalue weighted by molar-refractivity contribution is 5.98. The van der Waals surface area contributed by atoms with Gasteiger partial charge in [-0.15, -0.1) is 0 Å². The Morgan fingerprint density at radius 2 is 2.05 bits per heavy atom. The minimum Gasteiger partial charge on any atom is -0.481 e. The second kappa shape index (κ2) is 7.53. The van der Waals surface area contributed by atoms with E-state index < -0.39 is 11.9 Å². The average Bonchev–Trinajstić information content (AvgIpc) is 2.36. The van der Waals surface area contributed by atoms with E-state index in [0.29, 0.717) is 24.4 Å². The van der Waals surface area contributed by atoms with Crippen LogP contribution in [0.3, 0.4) is 0 Å². The maximum Gasteiger partial charge on any atom is 0.303 e. The van der Waals surface area contributed by atoms with Gasteiger partial charge in [0.15, 0.2) is 0 Å². The van der Waals surface area contributed by atoms with Crippen LogP contribution in [-0.2, 0) is 4.79 Å². The molecule has 20 heavy (non-hydrogen) atoms. The van der Waals surface area contributed by atoms with E-state index in [1.807, 2.05) is 26.0 Å². The van der Waals surface area contributed by atoms with Crippen molar-refractivity contribution >= 4 is 17.6 Å². The Kier molecular flexibility index (Phi) is 6.03. The number of rotatable bonds is 8. The van der Waals surface area contributed by atoms with Gasteiger partial charge in [-0.2, -0.15) is 0 Å². The first kappa shape index (κ1) is 16.0. The molecule has 1 amide bonds. The van der Waals surface area contributed by atoms with E-state index >= 15 is 0 Å². The number of nitrogens with one attached hydrogen (secondary N) is 1. The van der Waals surface area contributed by atoms with Crippen LogP contribution in [0.25, 0.3) is 0 Å². The summed E-state index contributed by atoms with van der Waals surface area (Å²) in [5.41, 5.74) is 7.60. The molecule has 1 aromatic rings. The molecule has 5 heteroatoms. The normalized spacial score (nSPS) is 11.9. The number of anilines is 1. The highest BCUT2D eigenvalue weighted by Gasteiger charge is 2.09. The van der Waals surface area contributed by atoms with Crippen molar-refractivity contribution in [2.45, 2.75) is 33.1 Å². The second-order valence-corrected chi connectivity index (χ2v) is 5.17. The van der Waals surface area contributed by atoms with Crippen molar-refractivity contribution < 1.29 is 14.7 Å². The molecule has 0 fully saturated rings. The molecule has 0 radical (unpaired) electrons. The number of carboxylic acids is 1. The lowest BCUT2D eigenvalue weighted by molar-refractivity contribution is -0.137. The SMILES string of the molecule is Cc1ccc(C(N)=O)c(NCCC(C)CCC(=O)O)c1. The maximum absolute atomic E-state index is 11.3. The Labute approximate surface area is 119 Å². The van der Waals surface area contributed by atoms with Gasteiger partial charge in [0.1, 0.15) is 0 Å². The third-order valence-corrected chi connectivity index (χ3v) is 3.24. The third-order valence-electron chi connectivity index (χ3n) is 3.24. The number of aliphatic carboxylic acids is 1. The number of hydrogen-bond acceptors (Lipinski definition) is 3. The Morgan fingerprint density at radius 3 is 2.65 bits per heavy atom. The van der Waals surface area contributed by atoms with Gasteiger partial charge < -0.3 is 16.2 Å². The lowest BCUT2D eigenvalue weighted by atomic mass is 10.0. The number of primary amides is 1. The number of carboxylic acid groups (broad SMARTS) is 1. The summed E-state index contributed by atoms with van der Waals surface area (Å²) < 4.78 is 0. The molecule has 0 aliphatic carbocycles. The monoisotopic (exact) mass is 278 g/mol. The van der Waals surface area contributed by atoms with Crippen molar-refractivity contribution in [3.8, 4) is 0 Å². The van der Waals surface area contributed by atoms with Crippen LogP contribution in [0.2, 0.25) is 0 Å².